The Morgan fingerprint density at radius 1 is 1.50 bits per heavy atom. The minimum atomic E-state index is -4.37. The highest BCUT2D eigenvalue weighted by Crippen LogP contribution is 2.51. The summed E-state index contributed by atoms with van der Waals surface area (Å²) < 4.78 is 37.0. The maximum absolute atomic E-state index is 12.3. The average molecular weight is 274 g/mol. The topological polar surface area (TPSA) is 24.9 Å². The zero-order valence-corrected chi connectivity index (χ0v) is 10.7. The molecule has 1 aliphatic carbocycles. The van der Waals surface area contributed by atoms with E-state index < -0.39 is 11.9 Å². The summed E-state index contributed by atoms with van der Waals surface area (Å²) in [5, 5.41) is 3.17. The maximum atomic E-state index is 12.3. The second-order valence-corrected chi connectivity index (χ2v) is 5.47. The number of aromatic nitrogens is 1. The van der Waals surface area contributed by atoms with Gasteiger partial charge in [-0.15, -0.1) is 11.8 Å². The summed E-state index contributed by atoms with van der Waals surface area (Å²) >= 11 is 1.63. The quantitative estimate of drug-likeness (QED) is 0.674. The minimum absolute atomic E-state index is 0.0945. The van der Waals surface area contributed by atoms with Gasteiger partial charge in [0, 0.05) is 18.4 Å². The summed E-state index contributed by atoms with van der Waals surface area (Å²) in [6.07, 6.45) is -2.19. The third-order valence-corrected chi connectivity index (χ3v) is 4.52. The van der Waals surface area contributed by atoms with Gasteiger partial charge in [-0.25, -0.2) is 0 Å². The van der Waals surface area contributed by atoms with Crippen molar-refractivity contribution < 1.29 is 13.2 Å². The third kappa shape index (κ3) is 2.70. The molecule has 18 heavy (non-hydrogen) atoms. The van der Waals surface area contributed by atoms with Crippen molar-refractivity contribution in [2.45, 2.75) is 23.2 Å². The molecule has 1 aromatic rings. The molecular weight excluding hydrogens is 261 g/mol. The fourth-order valence-electron chi connectivity index (χ4n) is 1.63. The molecule has 2 nitrogen and oxygen atoms in total. The van der Waals surface area contributed by atoms with Crippen molar-refractivity contribution >= 4 is 11.8 Å². The molecule has 0 spiro atoms. The third-order valence-electron chi connectivity index (χ3n) is 2.91. The van der Waals surface area contributed by atoms with Gasteiger partial charge < -0.3 is 5.32 Å². The molecular formula is C12H13F3N2S. The predicted molar refractivity (Wildman–Crippen MR) is 66.1 cm³/mol. The van der Waals surface area contributed by atoms with E-state index in [0.717, 1.165) is 23.6 Å². The first-order valence-electron chi connectivity index (χ1n) is 5.41. The Labute approximate surface area is 108 Å². The van der Waals surface area contributed by atoms with Gasteiger partial charge in [-0.05, 0) is 24.3 Å². The first-order chi connectivity index (χ1) is 8.37. The lowest BCUT2D eigenvalue weighted by atomic mass is 10.3. The molecule has 2 rings (SSSR count). The summed E-state index contributed by atoms with van der Waals surface area (Å²) in [5.74, 6) is 0.616. The Kier molecular flexibility index (Phi) is 3.42. The summed E-state index contributed by atoms with van der Waals surface area (Å²) in [6.45, 7) is 3.90. The van der Waals surface area contributed by atoms with Crippen LogP contribution in [-0.4, -0.2) is 16.9 Å². The van der Waals surface area contributed by atoms with Gasteiger partial charge >= 0.3 is 6.18 Å². The van der Waals surface area contributed by atoms with E-state index in [-0.39, 0.29) is 4.87 Å². The van der Waals surface area contributed by atoms with Crippen molar-refractivity contribution in [2.75, 3.05) is 7.05 Å². The number of likely N-dealkylation sites (N-methyl/N-ethyl adjacent to an activating group) is 1. The van der Waals surface area contributed by atoms with Crippen LogP contribution in [0, 0.1) is 0 Å². The van der Waals surface area contributed by atoms with Gasteiger partial charge in [0.05, 0.1) is 4.87 Å². The predicted octanol–water partition coefficient (Wildman–Crippen LogP) is 3.21. The van der Waals surface area contributed by atoms with E-state index in [4.69, 9.17) is 0 Å². The van der Waals surface area contributed by atoms with Gasteiger partial charge in [-0.3, -0.25) is 4.98 Å². The van der Waals surface area contributed by atoms with E-state index in [0.29, 0.717) is 5.75 Å². The highest BCUT2D eigenvalue weighted by molar-refractivity contribution is 8.00. The SMILES string of the molecule is C=C1CC1(NC)SCc1ccc(C(F)(F)F)nc1. The van der Waals surface area contributed by atoms with Gasteiger partial charge in [-0.1, -0.05) is 12.6 Å². The molecule has 1 aromatic heterocycles. The molecule has 1 heterocycles. The molecule has 1 fully saturated rings. The van der Waals surface area contributed by atoms with Crippen LogP contribution in [0.1, 0.15) is 17.7 Å². The minimum Gasteiger partial charge on any atom is -0.302 e. The van der Waals surface area contributed by atoms with Crippen LogP contribution in [0.15, 0.2) is 30.5 Å². The van der Waals surface area contributed by atoms with Crippen LogP contribution in [0.4, 0.5) is 13.2 Å². The number of nitrogens with zero attached hydrogens (tertiary/aromatic N) is 1. The molecule has 0 aliphatic heterocycles. The van der Waals surface area contributed by atoms with Gasteiger partial charge in [0.25, 0.3) is 0 Å². The molecule has 0 aromatic carbocycles. The lowest BCUT2D eigenvalue weighted by Gasteiger charge is -2.13. The number of thioether (sulfide) groups is 1. The summed E-state index contributed by atoms with van der Waals surface area (Å²) in [4.78, 5) is 3.34. The van der Waals surface area contributed by atoms with Crippen LogP contribution in [0.3, 0.4) is 0 Å². The zero-order chi connectivity index (χ0) is 13.4. The number of hydrogen-bond acceptors (Lipinski definition) is 3. The van der Waals surface area contributed by atoms with Crippen LogP contribution in [-0.2, 0) is 11.9 Å². The van der Waals surface area contributed by atoms with Gasteiger partial charge in [-0.2, -0.15) is 13.2 Å². The number of rotatable bonds is 4. The normalized spacial score (nSPS) is 23.2. The molecule has 1 aliphatic rings. The van der Waals surface area contributed by atoms with Gasteiger partial charge in [0.15, 0.2) is 0 Å². The average Bonchev–Trinajstić information content (AvgIpc) is 2.98. The van der Waals surface area contributed by atoms with Crippen molar-refractivity contribution in [1.29, 1.82) is 0 Å². The first kappa shape index (κ1) is 13.4. The molecule has 1 N–H and O–H groups in total. The molecule has 0 bridgehead atoms. The van der Waals surface area contributed by atoms with Crippen molar-refractivity contribution in [3.8, 4) is 0 Å². The summed E-state index contributed by atoms with van der Waals surface area (Å²) in [6, 6.07) is 2.49. The van der Waals surface area contributed by atoms with Crippen LogP contribution >= 0.6 is 11.8 Å². The smallest absolute Gasteiger partial charge is 0.302 e. The van der Waals surface area contributed by atoms with Crippen LogP contribution in [0.5, 0.6) is 0 Å². The van der Waals surface area contributed by atoms with E-state index >= 15 is 0 Å². The lowest BCUT2D eigenvalue weighted by Crippen LogP contribution is -2.23. The summed E-state index contributed by atoms with van der Waals surface area (Å²) in [7, 11) is 1.86. The molecule has 1 unspecified atom stereocenters. The van der Waals surface area contributed by atoms with Crippen LogP contribution < -0.4 is 5.32 Å². The molecule has 0 saturated heterocycles. The van der Waals surface area contributed by atoms with Crippen molar-refractivity contribution in [1.82, 2.24) is 10.3 Å². The Morgan fingerprint density at radius 3 is 2.56 bits per heavy atom. The van der Waals surface area contributed by atoms with E-state index in [1.165, 1.54) is 12.3 Å². The Bertz CT molecular complexity index is 455. The van der Waals surface area contributed by atoms with E-state index in [1.807, 2.05) is 7.05 Å². The van der Waals surface area contributed by atoms with Crippen LogP contribution in [0.2, 0.25) is 0 Å². The first-order valence-corrected chi connectivity index (χ1v) is 6.39. The van der Waals surface area contributed by atoms with E-state index in [2.05, 4.69) is 16.9 Å². The molecule has 0 radical (unpaired) electrons. The summed E-state index contributed by atoms with van der Waals surface area (Å²) in [5.41, 5.74) is 1.05. The molecule has 98 valence electrons. The number of alkyl halides is 3. The highest BCUT2D eigenvalue weighted by atomic mass is 32.2. The largest absolute Gasteiger partial charge is 0.433 e. The Morgan fingerprint density at radius 2 is 2.17 bits per heavy atom. The number of pyridine rings is 1. The van der Waals surface area contributed by atoms with Crippen molar-refractivity contribution in [2.24, 2.45) is 0 Å². The monoisotopic (exact) mass is 274 g/mol. The Balaban J connectivity index is 1.97. The van der Waals surface area contributed by atoms with Gasteiger partial charge in [0.1, 0.15) is 5.69 Å². The Hall–Kier alpha value is -1.01. The highest BCUT2D eigenvalue weighted by Gasteiger charge is 2.46. The molecule has 0 amide bonds. The molecule has 1 atom stereocenters. The zero-order valence-electron chi connectivity index (χ0n) is 9.84. The molecule has 6 heteroatoms. The maximum Gasteiger partial charge on any atom is 0.433 e. The van der Waals surface area contributed by atoms with Crippen molar-refractivity contribution in [3.05, 3.63) is 41.7 Å². The lowest BCUT2D eigenvalue weighted by molar-refractivity contribution is -0.141. The van der Waals surface area contributed by atoms with Crippen LogP contribution in [0.25, 0.3) is 0 Å². The fraction of sp³-hybridized carbons (Fsp3) is 0.417. The number of nitrogens with one attached hydrogen (secondary N) is 1. The second kappa shape index (κ2) is 4.59. The fourth-order valence-corrected chi connectivity index (χ4v) is 2.84. The van der Waals surface area contributed by atoms with Crippen molar-refractivity contribution in [3.63, 3.8) is 0 Å². The number of hydrogen-bond donors (Lipinski definition) is 1. The van der Waals surface area contributed by atoms with E-state index in [1.54, 1.807) is 11.8 Å². The standard InChI is InChI=1S/C12H13F3N2S/c1-8-5-11(8,16-2)18-7-9-3-4-10(17-6-9)12(13,14)15/h3-4,6,16H,1,5,7H2,2H3. The van der Waals surface area contributed by atoms with E-state index in [9.17, 15) is 13.2 Å². The molecule has 1 saturated carbocycles. The number of halogens is 3. The second-order valence-electron chi connectivity index (χ2n) is 4.20. The van der Waals surface area contributed by atoms with Gasteiger partial charge in [0.2, 0.25) is 0 Å².